The zero-order chi connectivity index (χ0) is 22.2. The molecule has 30 heavy (non-hydrogen) atoms. The maximum Gasteiger partial charge on any atom is 0.416 e. The van der Waals surface area contributed by atoms with Gasteiger partial charge in [-0.1, -0.05) is 6.92 Å². The van der Waals surface area contributed by atoms with E-state index in [-0.39, 0.29) is 22.4 Å². The summed E-state index contributed by atoms with van der Waals surface area (Å²) in [5, 5.41) is 12.3. The summed E-state index contributed by atoms with van der Waals surface area (Å²) in [6.07, 6.45) is -0.753. The van der Waals surface area contributed by atoms with Crippen LogP contribution in [0.25, 0.3) is 0 Å². The predicted molar refractivity (Wildman–Crippen MR) is 105 cm³/mol. The standard InChI is InChI=1S/C20H24F3N3O3S/c1-2-11-30(28,29)26-16-4-3-14(20(21,22)23)12-15(16)17(27)25-19-8-5-18(13-24,6-9-19)7-10-19/h3-4,12,26H,2,5-11H2,1H3,(H,25,27). The van der Waals surface area contributed by atoms with Crippen molar-refractivity contribution in [2.24, 2.45) is 5.41 Å². The average molecular weight is 443 g/mol. The number of nitrogens with zero attached hydrogens (tertiary/aromatic N) is 1. The van der Waals surface area contributed by atoms with E-state index < -0.39 is 33.2 Å². The number of carbonyl (C=O) groups is 1. The first-order valence-corrected chi connectivity index (χ1v) is 11.5. The molecule has 3 aliphatic carbocycles. The van der Waals surface area contributed by atoms with Crippen molar-refractivity contribution in [2.45, 2.75) is 63.6 Å². The van der Waals surface area contributed by atoms with Gasteiger partial charge in [0.15, 0.2) is 0 Å². The molecule has 1 amide bonds. The molecular formula is C20H24F3N3O3S. The summed E-state index contributed by atoms with van der Waals surface area (Å²) in [4.78, 5) is 13.0. The van der Waals surface area contributed by atoms with Crippen LogP contribution in [-0.2, 0) is 16.2 Å². The zero-order valence-corrected chi connectivity index (χ0v) is 17.4. The topological polar surface area (TPSA) is 99.1 Å². The number of nitrogens with one attached hydrogen (secondary N) is 2. The maximum atomic E-state index is 13.2. The molecule has 1 aromatic rings. The van der Waals surface area contributed by atoms with Crippen LogP contribution in [-0.4, -0.2) is 25.6 Å². The minimum absolute atomic E-state index is 0.177. The highest BCUT2D eigenvalue weighted by Gasteiger charge is 2.49. The first-order valence-electron chi connectivity index (χ1n) is 9.89. The lowest BCUT2D eigenvalue weighted by molar-refractivity contribution is -0.137. The van der Waals surface area contributed by atoms with E-state index in [0.29, 0.717) is 51.0 Å². The third-order valence-corrected chi connectivity index (χ3v) is 7.67. The van der Waals surface area contributed by atoms with Gasteiger partial charge in [-0.15, -0.1) is 0 Å². The monoisotopic (exact) mass is 443 g/mol. The Morgan fingerprint density at radius 2 is 1.77 bits per heavy atom. The second kappa shape index (κ2) is 7.76. The second-order valence-corrected chi connectivity index (χ2v) is 10.1. The number of hydrogen-bond donors (Lipinski definition) is 2. The van der Waals surface area contributed by atoms with Gasteiger partial charge in [0.2, 0.25) is 10.0 Å². The Bertz CT molecular complexity index is 959. The van der Waals surface area contributed by atoms with Crippen molar-refractivity contribution in [3.63, 3.8) is 0 Å². The van der Waals surface area contributed by atoms with E-state index in [2.05, 4.69) is 16.1 Å². The number of nitriles is 1. The van der Waals surface area contributed by atoms with Gasteiger partial charge >= 0.3 is 6.18 Å². The Balaban J connectivity index is 1.90. The van der Waals surface area contributed by atoms with Crippen molar-refractivity contribution in [3.8, 4) is 6.07 Å². The summed E-state index contributed by atoms with van der Waals surface area (Å²) < 4.78 is 66.2. The Kier molecular flexibility index (Phi) is 5.80. The smallest absolute Gasteiger partial charge is 0.347 e. The summed E-state index contributed by atoms with van der Waals surface area (Å²) in [7, 11) is -3.79. The number of hydrogen-bond acceptors (Lipinski definition) is 4. The van der Waals surface area contributed by atoms with Crippen molar-refractivity contribution in [1.29, 1.82) is 5.26 Å². The zero-order valence-electron chi connectivity index (χ0n) is 16.6. The summed E-state index contributed by atoms with van der Waals surface area (Å²) in [5.41, 5.74) is -2.52. The van der Waals surface area contributed by atoms with Crippen molar-refractivity contribution < 1.29 is 26.4 Å². The molecule has 3 fully saturated rings. The van der Waals surface area contributed by atoms with Gasteiger partial charge in [0.25, 0.3) is 5.91 Å². The van der Waals surface area contributed by atoms with Crippen molar-refractivity contribution in [1.82, 2.24) is 5.32 Å². The molecule has 3 aliphatic rings. The first kappa shape index (κ1) is 22.4. The maximum absolute atomic E-state index is 13.2. The average Bonchev–Trinajstić information content (AvgIpc) is 2.68. The number of rotatable bonds is 6. The Hall–Kier alpha value is -2.28. The molecule has 0 radical (unpaired) electrons. The summed E-state index contributed by atoms with van der Waals surface area (Å²) in [6.45, 7) is 1.66. The molecule has 4 rings (SSSR count). The normalized spacial score (nSPS) is 26.1. The van der Waals surface area contributed by atoms with Gasteiger partial charge in [0.1, 0.15) is 0 Å². The summed E-state index contributed by atoms with van der Waals surface area (Å²) >= 11 is 0. The molecule has 6 nitrogen and oxygen atoms in total. The predicted octanol–water partition coefficient (Wildman–Crippen LogP) is 4.20. The van der Waals surface area contributed by atoms with E-state index in [1.165, 1.54) is 0 Å². The van der Waals surface area contributed by atoms with E-state index >= 15 is 0 Å². The van der Waals surface area contributed by atoms with Gasteiger partial charge in [0, 0.05) is 5.54 Å². The lowest BCUT2D eigenvalue weighted by Crippen LogP contribution is -2.56. The molecule has 0 atom stereocenters. The van der Waals surface area contributed by atoms with Gasteiger partial charge in [-0.05, 0) is 63.1 Å². The van der Waals surface area contributed by atoms with Gasteiger partial charge in [-0.2, -0.15) is 18.4 Å². The number of benzene rings is 1. The van der Waals surface area contributed by atoms with Crippen LogP contribution in [0.5, 0.6) is 0 Å². The van der Waals surface area contributed by atoms with Crippen LogP contribution in [0, 0.1) is 16.7 Å². The molecule has 0 unspecified atom stereocenters. The number of sulfonamides is 1. The molecule has 0 aromatic heterocycles. The van der Waals surface area contributed by atoms with Crippen molar-refractivity contribution >= 4 is 21.6 Å². The lowest BCUT2D eigenvalue weighted by Gasteiger charge is -2.50. The molecule has 2 bridgehead atoms. The molecule has 3 saturated carbocycles. The summed E-state index contributed by atoms with van der Waals surface area (Å²) in [6, 6.07) is 4.77. The van der Waals surface area contributed by atoms with Crippen LogP contribution in [0.3, 0.4) is 0 Å². The lowest BCUT2D eigenvalue weighted by atomic mass is 9.58. The molecule has 2 N–H and O–H groups in total. The summed E-state index contributed by atoms with van der Waals surface area (Å²) in [5.74, 6) is -0.962. The molecule has 164 valence electrons. The fourth-order valence-corrected chi connectivity index (χ4v) is 5.49. The molecule has 10 heteroatoms. The molecular weight excluding hydrogens is 419 g/mol. The largest absolute Gasteiger partial charge is 0.416 e. The highest BCUT2D eigenvalue weighted by atomic mass is 32.2. The van der Waals surface area contributed by atoms with E-state index in [4.69, 9.17) is 0 Å². The van der Waals surface area contributed by atoms with Crippen LogP contribution in [0.1, 0.15) is 67.8 Å². The van der Waals surface area contributed by atoms with Crippen molar-refractivity contribution in [2.75, 3.05) is 10.5 Å². The highest BCUT2D eigenvalue weighted by Crippen LogP contribution is 2.52. The van der Waals surface area contributed by atoms with E-state index in [1.54, 1.807) is 6.92 Å². The minimum atomic E-state index is -4.67. The minimum Gasteiger partial charge on any atom is -0.347 e. The Labute approximate surface area is 173 Å². The number of amides is 1. The van der Waals surface area contributed by atoms with Crippen LogP contribution in [0.4, 0.5) is 18.9 Å². The van der Waals surface area contributed by atoms with Crippen LogP contribution < -0.4 is 10.0 Å². The van der Waals surface area contributed by atoms with Gasteiger partial charge < -0.3 is 5.32 Å². The van der Waals surface area contributed by atoms with Gasteiger partial charge in [0.05, 0.1) is 34.1 Å². The molecule has 0 saturated heterocycles. The quantitative estimate of drug-likeness (QED) is 0.688. The molecule has 0 heterocycles. The van der Waals surface area contributed by atoms with Crippen LogP contribution in [0.15, 0.2) is 18.2 Å². The Morgan fingerprint density at radius 1 is 1.17 bits per heavy atom. The molecule has 0 aliphatic heterocycles. The fraction of sp³-hybridized carbons (Fsp3) is 0.600. The van der Waals surface area contributed by atoms with Gasteiger partial charge in [-0.25, -0.2) is 8.42 Å². The number of carbonyl (C=O) groups excluding carboxylic acids is 1. The third kappa shape index (κ3) is 4.56. The first-order chi connectivity index (χ1) is 13.9. The number of anilines is 1. The van der Waals surface area contributed by atoms with Crippen LogP contribution >= 0.6 is 0 Å². The van der Waals surface area contributed by atoms with E-state index in [9.17, 15) is 31.6 Å². The molecule has 1 aromatic carbocycles. The number of alkyl halides is 3. The van der Waals surface area contributed by atoms with Crippen molar-refractivity contribution in [3.05, 3.63) is 29.3 Å². The fourth-order valence-electron chi connectivity index (χ4n) is 4.33. The SMILES string of the molecule is CCCS(=O)(=O)Nc1ccc(C(F)(F)F)cc1C(=O)NC12CCC(C#N)(CC1)CC2. The Morgan fingerprint density at radius 3 is 2.27 bits per heavy atom. The number of fused-ring (bicyclic) bond motifs is 3. The van der Waals surface area contributed by atoms with E-state index in [1.807, 2.05) is 0 Å². The second-order valence-electron chi connectivity index (χ2n) is 8.31. The highest BCUT2D eigenvalue weighted by molar-refractivity contribution is 7.92. The third-order valence-electron chi connectivity index (χ3n) is 6.19. The van der Waals surface area contributed by atoms with Gasteiger partial charge in [-0.3, -0.25) is 9.52 Å². The number of halogens is 3. The van der Waals surface area contributed by atoms with E-state index in [0.717, 1.165) is 12.1 Å². The van der Waals surface area contributed by atoms with Crippen LogP contribution in [0.2, 0.25) is 0 Å². The molecule has 0 spiro atoms.